The van der Waals surface area contributed by atoms with E-state index in [4.69, 9.17) is 26.7 Å². The Balaban J connectivity index is 0.00000133. The van der Waals surface area contributed by atoms with Crippen LogP contribution >= 0.6 is 22.9 Å². The van der Waals surface area contributed by atoms with Gasteiger partial charge in [-0.2, -0.15) is 0 Å². The first-order valence-electron chi connectivity index (χ1n) is 11.7. The standard InChI is InChI=1S/C23H24ClN3O3S2.C2H6/c1-13-10-14-6-5-7-16(19(14)30-13)26-21(28)18-11-15(24)20(31-18)17-12-32(29)23(22(25)27-17)8-3-2-4-9-23;1-2/h5-7,10-11,17H,2-4,8-9,12H2,1H3,(H2,25,27)(H,26,28);1-2H3/t17-,32?;/m0./s1. The van der Waals surface area contributed by atoms with Crippen LogP contribution in [-0.4, -0.2) is 26.5 Å². The van der Waals surface area contributed by atoms with Crippen LogP contribution in [0.4, 0.5) is 5.69 Å². The Hall–Kier alpha value is -2.16. The second-order valence-corrected chi connectivity index (χ2v) is 11.8. The molecule has 2 atom stereocenters. The molecule has 5 rings (SSSR count). The van der Waals surface area contributed by atoms with Gasteiger partial charge in [-0.05, 0) is 38.0 Å². The van der Waals surface area contributed by atoms with Gasteiger partial charge in [0.25, 0.3) is 5.91 Å². The second kappa shape index (κ2) is 10.2. The summed E-state index contributed by atoms with van der Waals surface area (Å²) in [5.41, 5.74) is 7.61. The average Bonchev–Trinajstić information content (AvgIpc) is 3.42. The number of hydrogen-bond acceptors (Lipinski definition) is 6. The Bertz CT molecular complexity index is 1260. The number of rotatable bonds is 3. The Kier molecular flexibility index (Phi) is 7.50. The molecule has 0 radical (unpaired) electrons. The van der Waals surface area contributed by atoms with Gasteiger partial charge in [-0.1, -0.05) is 56.8 Å². The molecule has 0 bridgehead atoms. The number of amides is 1. The van der Waals surface area contributed by atoms with Gasteiger partial charge < -0.3 is 15.5 Å². The van der Waals surface area contributed by atoms with Crippen molar-refractivity contribution < 1.29 is 13.4 Å². The van der Waals surface area contributed by atoms with Crippen LogP contribution in [0, 0.1) is 6.92 Å². The van der Waals surface area contributed by atoms with Crippen molar-refractivity contribution in [1.29, 1.82) is 0 Å². The molecule has 9 heteroatoms. The fourth-order valence-corrected chi connectivity index (χ4v) is 8.06. The summed E-state index contributed by atoms with van der Waals surface area (Å²) < 4.78 is 18.5. The number of fused-ring (bicyclic) bond motifs is 1. The molecule has 3 N–H and O–H groups in total. The first-order valence-corrected chi connectivity index (χ1v) is 14.2. The minimum absolute atomic E-state index is 0.276. The van der Waals surface area contributed by atoms with Gasteiger partial charge in [0.2, 0.25) is 0 Å². The summed E-state index contributed by atoms with van der Waals surface area (Å²) >= 11 is 7.77. The van der Waals surface area contributed by atoms with E-state index in [2.05, 4.69) is 5.32 Å². The van der Waals surface area contributed by atoms with E-state index in [0.717, 1.165) is 48.1 Å². The zero-order valence-corrected chi connectivity index (χ0v) is 22.0. The number of carbonyl (C=O) groups excluding carboxylic acids is 1. The van der Waals surface area contributed by atoms with E-state index in [9.17, 15) is 9.00 Å². The van der Waals surface area contributed by atoms with Crippen LogP contribution in [0.3, 0.4) is 0 Å². The lowest BCUT2D eigenvalue weighted by Crippen LogP contribution is -2.53. The largest absolute Gasteiger partial charge is 0.459 e. The zero-order chi connectivity index (χ0) is 24.5. The smallest absolute Gasteiger partial charge is 0.265 e. The molecule has 1 aliphatic heterocycles. The molecule has 182 valence electrons. The Morgan fingerprint density at radius 1 is 1.26 bits per heavy atom. The molecule has 1 amide bonds. The predicted molar refractivity (Wildman–Crippen MR) is 143 cm³/mol. The minimum atomic E-state index is -1.12. The van der Waals surface area contributed by atoms with Gasteiger partial charge in [0.15, 0.2) is 5.58 Å². The summed E-state index contributed by atoms with van der Waals surface area (Å²) in [6.45, 7) is 5.87. The molecule has 1 aliphatic carbocycles. The van der Waals surface area contributed by atoms with Gasteiger partial charge in [0.05, 0.1) is 27.4 Å². The van der Waals surface area contributed by atoms with E-state index in [1.54, 1.807) is 12.1 Å². The minimum Gasteiger partial charge on any atom is -0.459 e. The summed E-state index contributed by atoms with van der Waals surface area (Å²) in [5, 5.41) is 4.30. The number of halogens is 1. The summed E-state index contributed by atoms with van der Waals surface area (Å²) in [5.74, 6) is 1.36. The topological polar surface area (TPSA) is 97.7 Å². The third-order valence-electron chi connectivity index (χ3n) is 6.32. The molecule has 3 aromatic rings. The highest BCUT2D eigenvalue weighted by Gasteiger charge is 2.46. The number of aliphatic imine (C=N–C) groups is 1. The molecule has 6 nitrogen and oxygen atoms in total. The van der Waals surface area contributed by atoms with Crippen LogP contribution in [0.1, 0.15) is 72.3 Å². The number of nitrogens with two attached hydrogens (primary N) is 1. The van der Waals surface area contributed by atoms with Gasteiger partial charge in [0.1, 0.15) is 16.3 Å². The van der Waals surface area contributed by atoms with Crippen molar-refractivity contribution in [1.82, 2.24) is 0 Å². The van der Waals surface area contributed by atoms with Crippen molar-refractivity contribution in [3.05, 3.63) is 50.9 Å². The molecule has 3 heterocycles. The van der Waals surface area contributed by atoms with Crippen LogP contribution in [0.2, 0.25) is 5.02 Å². The molecule has 34 heavy (non-hydrogen) atoms. The number of furan rings is 1. The van der Waals surface area contributed by atoms with E-state index in [-0.39, 0.29) is 5.91 Å². The van der Waals surface area contributed by atoms with E-state index in [1.807, 2.05) is 39.0 Å². The van der Waals surface area contributed by atoms with Crippen LogP contribution in [0.5, 0.6) is 0 Å². The lowest BCUT2D eigenvalue weighted by molar-refractivity contribution is 0.103. The quantitative estimate of drug-likeness (QED) is 0.407. The molecule has 2 aliphatic rings. The maximum atomic E-state index is 13.2. The monoisotopic (exact) mass is 519 g/mol. The average molecular weight is 520 g/mol. The zero-order valence-electron chi connectivity index (χ0n) is 19.7. The fraction of sp³-hybridized carbons (Fsp3) is 0.440. The number of carbonyl (C=O) groups is 1. The number of amidine groups is 1. The van der Waals surface area contributed by atoms with Crippen LogP contribution in [-0.2, 0) is 10.8 Å². The Morgan fingerprint density at radius 2 is 2.00 bits per heavy atom. The molecular formula is C25H30ClN3O3S2. The van der Waals surface area contributed by atoms with Crippen molar-refractivity contribution in [2.75, 3.05) is 11.1 Å². The van der Waals surface area contributed by atoms with Gasteiger partial charge in [0, 0.05) is 21.1 Å². The highest BCUT2D eigenvalue weighted by Crippen LogP contribution is 2.43. The maximum Gasteiger partial charge on any atom is 0.265 e. The number of para-hydroxylation sites is 1. The Labute approximate surface area is 211 Å². The number of thiophene rings is 1. The van der Waals surface area contributed by atoms with Gasteiger partial charge in [-0.3, -0.25) is 14.0 Å². The Morgan fingerprint density at radius 3 is 2.71 bits per heavy atom. The van der Waals surface area contributed by atoms with Crippen molar-refractivity contribution in [3.63, 3.8) is 0 Å². The lowest BCUT2D eigenvalue weighted by atomic mass is 9.87. The molecule has 2 aromatic heterocycles. The van der Waals surface area contributed by atoms with E-state index < -0.39 is 21.6 Å². The van der Waals surface area contributed by atoms with Crippen molar-refractivity contribution in [2.24, 2.45) is 10.7 Å². The van der Waals surface area contributed by atoms with Crippen molar-refractivity contribution in [2.45, 2.75) is 63.7 Å². The van der Waals surface area contributed by atoms with E-state index in [0.29, 0.717) is 32.8 Å². The van der Waals surface area contributed by atoms with Gasteiger partial charge >= 0.3 is 0 Å². The number of anilines is 1. The first-order chi connectivity index (χ1) is 16.4. The summed E-state index contributed by atoms with van der Waals surface area (Å²) in [4.78, 5) is 18.9. The second-order valence-electron chi connectivity index (χ2n) is 8.46. The number of nitrogens with zero attached hydrogens (tertiary/aromatic N) is 1. The fourth-order valence-electron chi connectivity index (χ4n) is 4.68. The van der Waals surface area contributed by atoms with E-state index in [1.165, 1.54) is 11.3 Å². The van der Waals surface area contributed by atoms with Gasteiger partial charge in [-0.25, -0.2) is 0 Å². The molecular weight excluding hydrogens is 490 g/mol. The molecule has 1 spiro atoms. The van der Waals surface area contributed by atoms with Crippen LogP contribution in [0.15, 0.2) is 39.7 Å². The van der Waals surface area contributed by atoms with Crippen molar-refractivity contribution >= 4 is 62.1 Å². The normalized spacial score (nSPS) is 21.6. The predicted octanol–water partition coefficient (Wildman–Crippen LogP) is 6.60. The maximum absolute atomic E-state index is 13.2. The summed E-state index contributed by atoms with van der Waals surface area (Å²) in [7, 11) is -1.12. The highest BCUT2D eigenvalue weighted by atomic mass is 35.5. The number of aryl methyl sites for hydroxylation is 1. The number of hydrogen-bond donors (Lipinski definition) is 2. The van der Waals surface area contributed by atoms with E-state index >= 15 is 0 Å². The third kappa shape index (κ3) is 4.55. The molecule has 1 aromatic carbocycles. The molecule has 1 fully saturated rings. The van der Waals surface area contributed by atoms with Crippen molar-refractivity contribution in [3.8, 4) is 0 Å². The first kappa shape index (κ1) is 24.9. The summed E-state index contributed by atoms with van der Waals surface area (Å²) in [6, 6.07) is 8.79. The third-order valence-corrected chi connectivity index (χ3v) is 10.1. The lowest BCUT2D eigenvalue weighted by Gasteiger charge is -2.39. The number of benzene rings is 1. The van der Waals surface area contributed by atoms with Gasteiger partial charge in [-0.15, -0.1) is 11.3 Å². The molecule has 1 saturated carbocycles. The molecule has 1 unspecified atom stereocenters. The summed E-state index contributed by atoms with van der Waals surface area (Å²) in [6.07, 6.45) is 4.85. The van der Waals surface area contributed by atoms with Crippen LogP contribution in [0.25, 0.3) is 11.0 Å². The molecule has 0 saturated heterocycles. The SMILES string of the molecule is CC.Cc1cc2cccc(NC(=O)c3cc(Cl)c([C@@H]4CS(=O)C5(CCCCC5)C(N)=N4)s3)c2o1. The highest BCUT2D eigenvalue weighted by molar-refractivity contribution is 7.87. The number of nitrogens with one attached hydrogen (secondary N) is 1. The van der Waals surface area contributed by atoms with Crippen LogP contribution < -0.4 is 11.1 Å².